The van der Waals surface area contributed by atoms with Crippen LogP contribution >= 0.6 is 27.3 Å². The average molecular weight is 275 g/mol. The van der Waals surface area contributed by atoms with Gasteiger partial charge in [-0.3, -0.25) is 0 Å². The first kappa shape index (κ1) is 10.6. The minimum atomic E-state index is -0.0802. The van der Waals surface area contributed by atoms with Gasteiger partial charge in [-0.15, -0.1) is 11.3 Å². The summed E-state index contributed by atoms with van der Waals surface area (Å²) >= 11 is 5.25. The lowest BCUT2D eigenvalue weighted by Crippen LogP contribution is -2.46. The Kier molecular flexibility index (Phi) is 2.98. The van der Waals surface area contributed by atoms with Crippen molar-refractivity contribution in [1.82, 2.24) is 4.90 Å². The topological polar surface area (TPSA) is 29.3 Å². The van der Waals surface area contributed by atoms with Crippen LogP contribution in [0.5, 0.6) is 0 Å². The number of rotatable bonds is 1. The summed E-state index contributed by atoms with van der Waals surface area (Å²) in [5.74, 6) is 0. The van der Waals surface area contributed by atoms with Crippen LogP contribution in [0.2, 0.25) is 0 Å². The van der Waals surface area contributed by atoms with Gasteiger partial charge in [0.2, 0.25) is 0 Å². The number of thiophene rings is 1. The maximum Gasteiger partial charge on any atom is 0.0702 e. The smallest absolute Gasteiger partial charge is 0.0702 e. The Hall–Kier alpha value is 0.1000. The first-order valence-electron chi connectivity index (χ1n) is 4.83. The molecular weight excluding hydrogens is 260 g/mol. The van der Waals surface area contributed by atoms with Crippen molar-refractivity contribution in [3.8, 4) is 0 Å². The largest absolute Gasteiger partial charge is 0.321 e. The molecule has 0 radical (unpaired) electrons. The van der Waals surface area contributed by atoms with Gasteiger partial charge in [-0.1, -0.05) is 0 Å². The van der Waals surface area contributed by atoms with E-state index in [9.17, 15) is 0 Å². The molecule has 4 heteroatoms. The predicted molar refractivity (Wildman–Crippen MR) is 64.6 cm³/mol. The highest BCUT2D eigenvalue weighted by atomic mass is 79.9. The third kappa shape index (κ3) is 2.03. The van der Waals surface area contributed by atoms with Gasteiger partial charge in [0.25, 0.3) is 0 Å². The van der Waals surface area contributed by atoms with Crippen LogP contribution < -0.4 is 5.73 Å². The zero-order valence-corrected chi connectivity index (χ0v) is 10.7. The van der Waals surface area contributed by atoms with Gasteiger partial charge in [-0.05, 0) is 61.0 Å². The zero-order valence-electron chi connectivity index (χ0n) is 8.29. The standard InChI is InChI=1S/C10H15BrN2S/c1-13-6-4-10(12,5-7-13)8-2-3-9(11)14-8/h2-3H,4-7,12H2,1H3. The van der Waals surface area contributed by atoms with E-state index in [2.05, 4.69) is 40.0 Å². The maximum atomic E-state index is 6.42. The van der Waals surface area contributed by atoms with Crippen molar-refractivity contribution in [2.45, 2.75) is 18.4 Å². The second kappa shape index (κ2) is 3.93. The molecule has 1 aliphatic heterocycles. The molecule has 0 aliphatic carbocycles. The minimum absolute atomic E-state index is 0.0802. The molecule has 0 saturated carbocycles. The van der Waals surface area contributed by atoms with E-state index in [4.69, 9.17) is 5.73 Å². The van der Waals surface area contributed by atoms with Crippen LogP contribution in [-0.4, -0.2) is 25.0 Å². The van der Waals surface area contributed by atoms with Crippen molar-refractivity contribution in [3.05, 3.63) is 20.8 Å². The van der Waals surface area contributed by atoms with Crippen molar-refractivity contribution in [2.75, 3.05) is 20.1 Å². The molecule has 14 heavy (non-hydrogen) atoms. The Morgan fingerprint density at radius 1 is 1.43 bits per heavy atom. The highest BCUT2D eigenvalue weighted by molar-refractivity contribution is 9.11. The van der Waals surface area contributed by atoms with Gasteiger partial charge in [0.1, 0.15) is 0 Å². The molecule has 0 spiro atoms. The summed E-state index contributed by atoms with van der Waals surface area (Å²) in [7, 11) is 2.16. The van der Waals surface area contributed by atoms with Gasteiger partial charge in [-0.25, -0.2) is 0 Å². The van der Waals surface area contributed by atoms with Crippen LogP contribution in [0.4, 0.5) is 0 Å². The van der Waals surface area contributed by atoms with Crippen LogP contribution in [0.25, 0.3) is 0 Å². The van der Waals surface area contributed by atoms with Gasteiger partial charge in [0.05, 0.1) is 9.33 Å². The molecule has 1 aliphatic rings. The lowest BCUT2D eigenvalue weighted by atomic mass is 9.87. The minimum Gasteiger partial charge on any atom is -0.321 e. The van der Waals surface area contributed by atoms with Crippen LogP contribution in [0, 0.1) is 0 Å². The zero-order chi connectivity index (χ0) is 10.2. The number of hydrogen-bond acceptors (Lipinski definition) is 3. The van der Waals surface area contributed by atoms with Crippen molar-refractivity contribution >= 4 is 27.3 Å². The second-order valence-electron chi connectivity index (χ2n) is 4.06. The fourth-order valence-electron chi connectivity index (χ4n) is 1.85. The maximum absolute atomic E-state index is 6.42. The van der Waals surface area contributed by atoms with Gasteiger partial charge in [-0.2, -0.15) is 0 Å². The Bertz CT molecular complexity index is 316. The molecule has 1 aromatic heterocycles. The van der Waals surface area contributed by atoms with E-state index in [1.165, 1.54) is 8.66 Å². The predicted octanol–water partition coefficient (Wildman–Crippen LogP) is 2.39. The highest BCUT2D eigenvalue weighted by Gasteiger charge is 2.32. The summed E-state index contributed by atoms with van der Waals surface area (Å²) in [6.07, 6.45) is 2.13. The molecule has 0 bridgehead atoms. The molecule has 0 unspecified atom stereocenters. The van der Waals surface area contributed by atoms with Crippen LogP contribution in [-0.2, 0) is 5.54 Å². The Morgan fingerprint density at radius 3 is 2.57 bits per heavy atom. The number of likely N-dealkylation sites (tertiary alicyclic amines) is 1. The third-order valence-corrected chi connectivity index (χ3v) is 4.79. The second-order valence-corrected chi connectivity index (χ2v) is 6.53. The van der Waals surface area contributed by atoms with E-state index in [0.717, 1.165) is 25.9 Å². The third-order valence-electron chi connectivity index (χ3n) is 2.94. The Labute approximate surface area is 97.2 Å². The number of nitrogens with zero attached hydrogens (tertiary/aromatic N) is 1. The van der Waals surface area contributed by atoms with Crippen LogP contribution in [0.3, 0.4) is 0 Å². The van der Waals surface area contributed by atoms with Crippen molar-refractivity contribution in [2.24, 2.45) is 5.73 Å². The SMILES string of the molecule is CN1CCC(N)(c2ccc(Br)s2)CC1. The van der Waals surface area contributed by atoms with Gasteiger partial charge in [0, 0.05) is 4.88 Å². The molecule has 0 amide bonds. The summed E-state index contributed by atoms with van der Waals surface area (Å²) in [6, 6.07) is 4.24. The summed E-state index contributed by atoms with van der Waals surface area (Å²) in [5, 5.41) is 0. The van der Waals surface area contributed by atoms with Gasteiger partial charge >= 0.3 is 0 Å². The molecule has 2 nitrogen and oxygen atoms in total. The number of hydrogen-bond donors (Lipinski definition) is 1. The summed E-state index contributed by atoms with van der Waals surface area (Å²) in [5.41, 5.74) is 6.34. The summed E-state index contributed by atoms with van der Waals surface area (Å²) in [4.78, 5) is 3.66. The number of nitrogens with two attached hydrogens (primary N) is 1. The molecule has 1 aromatic rings. The van der Waals surface area contributed by atoms with Gasteiger partial charge in [0.15, 0.2) is 0 Å². The van der Waals surface area contributed by atoms with E-state index in [-0.39, 0.29) is 5.54 Å². The van der Waals surface area contributed by atoms with Crippen molar-refractivity contribution < 1.29 is 0 Å². The molecule has 1 saturated heterocycles. The molecule has 2 heterocycles. The molecule has 0 aromatic carbocycles. The number of halogens is 1. The van der Waals surface area contributed by atoms with Crippen molar-refractivity contribution in [3.63, 3.8) is 0 Å². The lowest BCUT2D eigenvalue weighted by Gasteiger charge is -2.37. The number of piperidine rings is 1. The van der Waals surface area contributed by atoms with Crippen LogP contribution in [0.1, 0.15) is 17.7 Å². The Morgan fingerprint density at radius 2 is 2.07 bits per heavy atom. The van der Waals surface area contributed by atoms with E-state index < -0.39 is 0 Å². The first-order valence-corrected chi connectivity index (χ1v) is 6.44. The normalized spacial score (nSPS) is 22.5. The quantitative estimate of drug-likeness (QED) is 0.852. The summed E-state index contributed by atoms with van der Waals surface area (Å²) in [6.45, 7) is 2.21. The molecule has 2 rings (SSSR count). The fraction of sp³-hybridized carbons (Fsp3) is 0.600. The molecule has 0 atom stereocenters. The average Bonchev–Trinajstić information content (AvgIpc) is 2.58. The van der Waals surface area contributed by atoms with Crippen LogP contribution in [0.15, 0.2) is 15.9 Å². The monoisotopic (exact) mass is 274 g/mol. The lowest BCUT2D eigenvalue weighted by molar-refractivity contribution is 0.194. The molecular formula is C10H15BrN2S. The van der Waals surface area contributed by atoms with E-state index in [1.54, 1.807) is 11.3 Å². The summed E-state index contributed by atoms with van der Waals surface area (Å²) < 4.78 is 1.18. The van der Waals surface area contributed by atoms with E-state index in [1.807, 2.05) is 0 Å². The Balaban J connectivity index is 2.16. The van der Waals surface area contributed by atoms with E-state index >= 15 is 0 Å². The fourth-order valence-corrected chi connectivity index (χ4v) is 3.39. The first-order chi connectivity index (χ1) is 6.60. The molecule has 78 valence electrons. The highest BCUT2D eigenvalue weighted by Crippen LogP contribution is 2.36. The van der Waals surface area contributed by atoms with Crippen molar-refractivity contribution in [1.29, 1.82) is 0 Å². The molecule has 2 N–H and O–H groups in total. The van der Waals surface area contributed by atoms with Gasteiger partial charge < -0.3 is 10.6 Å². The van der Waals surface area contributed by atoms with E-state index in [0.29, 0.717) is 0 Å². The molecule has 1 fully saturated rings.